The number of nitrogens with one attached hydrogen (secondary N) is 2. The van der Waals surface area contributed by atoms with E-state index in [1.54, 1.807) is 18.3 Å². The molecule has 178 valence electrons. The van der Waals surface area contributed by atoms with Gasteiger partial charge >= 0.3 is 0 Å². The number of carbonyl (C=O) groups is 2. The summed E-state index contributed by atoms with van der Waals surface area (Å²) in [6.07, 6.45) is 5.52. The topological polar surface area (TPSA) is 120 Å². The molecule has 0 spiro atoms. The van der Waals surface area contributed by atoms with Crippen molar-refractivity contribution in [1.29, 1.82) is 0 Å². The number of anilines is 2. The van der Waals surface area contributed by atoms with Crippen LogP contribution in [0.1, 0.15) is 54.4 Å². The maximum Gasteiger partial charge on any atom is 0.272 e. The van der Waals surface area contributed by atoms with Crippen molar-refractivity contribution in [3.8, 4) is 0 Å². The number of fused-ring (bicyclic) bond motifs is 2. The van der Waals surface area contributed by atoms with Crippen LogP contribution in [-0.4, -0.2) is 31.1 Å². The van der Waals surface area contributed by atoms with Crippen LogP contribution in [0.5, 0.6) is 0 Å². The van der Waals surface area contributed by atoms with Gasteiger partial charge in [-0.1, -0.05) is 12.1 Å². The second kappa shape index (κ2) is 8.75. The highest BCUT2D eigenvalue weighted by Crippen LogP contribution is 2.26. The lowest BCUT2D eigenvalue weighted by atomic mass is 10.1. The molecule has 0 saturated heterocycles. The van der Waals surface area contributed by atoms with Crippen LogP contribution in [0.25, 0.3) is 0 Å². The van der Waals surface area contributed by atoms with E-state index in [1.807, 2.05) is 60.6 Å². The summed E-state index contributed by atoms with van der Waals surface area (Å²) in [5, 5.41) is 10.3. The van der Waals surface area contributed by atoms with E-state index in [-0.39, 0.29) is 11.8 Å². The predicted octanol–water partition coefficient (Wildman–Crippen LogP) is 3.18. The lowest BCUT2D eigenvalue weighted by Crippen LogP contribution is -2.23. The molecule has 4 N–H and O–H groups in total. The van der Waals surface area contributed by atoms with Crippen LogP contribution in [0, 0.1) is 20.8 Å². The fraction of sp³-hybridized carbons (Fsp3) is 0.231. The first-order chi connectivity index (χ1) is 16.8. The number of aromatic nitrogens is 4. The Bertz CT molecular complexity index is 1440. The lowest BCUT2D eigenvalue weighted by Gasteiger charge is -2.11. The minimum absolute atomic E-state index is 0.246. The highest BCUT2D eigenvalue weighted by atomic mass is 16.2. The Hall–Kier alpha value is -4.40. The van der Waals surface area contributed by atoms with Crippen molar-refractivity contribution in [1.82, 2.24) is 24.6 Å². The quantitative estimate of drug-likeness (QED) is 0.415. The lowest BCUT2D eigenvalue weighted by molar-refractivity contribution is 0.0950. The molecular weight excluding hydrogens is 442 g/mol. The van der Waals surface area contributed by atoms with Crippen molar-refractivity contribution >= 4 is 23.3 Å². The van der Waals surface area contributed by atoms with Gasteiger partial charge in [0.1, 0.15) is 11.5 Å². The fourth-order valence-corrected chi connectivity index (χ4v) is 4.47. The zero-order valence-corrected chi connectivity index (χ0v) is 19.9. The first-order valence-electron chi connectivity index (χ1n) is 11.4. The number of amides is 2. The number of rotatable bonds is 5. The van der Waals surface area contributed by atoms with Gasteiger partial charge in [-0.3, -0.25) is 14.3 Å². The van der Waals surface area contributed by atoms with Gasteiger partial charge in [-0.25, -0.2) is 4.98 Å². The van der Waals surface area contributed by atoms with Gasteiger partial charge in [-0.15, -0.1) is 0 Å². The molecular formula is C26H27N7O2. The summed E-state index contributed by atoms with van der Waals surface area (Å²) in [7, 11) is 0. The monoisotopic (exact) mass is 469 g/mol. The van der Waals surface area contributed by atoms with Crippen LogP contribution in [0.2, 0.25) is 0 Å². The smallest absolute Gasteiger partial charge is 0.272 e. The first-order valence-corrected chi connectivity index (χ1v) is 11.4. The Balaban J connectivity index is 1.33. The van der Waals surface area contributed by atoms with Crippen LogP contribution in [0.3, 0.4) is 0 Å². The Morgan fingerprint density at radius 1 is 1.17 bits per heavy atom. The summed E-state index contributed by atoms with van der Waals surface area (Å²) >= 11 is 0. The number of aryl methyl sites for hydroxylation is 3. The van der Waals surface area contributed by atoms with E-state index in [1.165, 1.54) is 0 Å². The van der Waals surface area contributed by atoms with E-state index in [4.69, 9.17) is 5.73 Å². The number of nitrogens with two attached hydrogens (primary N) is 1. The molecule has 0 fully saturated rings. The van der Waals surface area contributed by atoms with Crippen molar-refractivity contribution in [2.75, 3.05) is 11.1 Å². The summed E-state index contributed by atoms with van der Waals surface area (Å²) in [4.78, 5) is 30.1. The van der Waals surface area contributed by atoms with Gasteiger partial charge in [0.15, 0.2) is 0 Å². The van der Waals surface area contributed by atoms with Crippen molar-refractivity contribution in [3.63, 3.8) is 0 Å². The predicted molar refractivity (Wildman–Crippen MR) is 133 cm³/mol. The average molecular weight is 470 g/mol. The molecule has 2 amide bonds. The van der Waals surface area contributed by atoms with E-state index in [0.29, 0.717) is 36.7 Å². The van der Waals surface area contributed by atoms with Crippen molar-refractivity contribution in [2.24, 2.45) is 0 Å². The van der Waals surface area contributed by atoms with Crippen LogP contribution in [0.4, 0.5) is 11.5 Å². The molecule has 4 heterocycles. The first kappa shape index (κ1) is 22.4. The second-order valence-electron chi connectivity index (χ2n) is 9.01. The normalized spacial score (nSPS) is 12.5. The van der Waals surface area contributed by atoms with E-state index in [2.05, 4.69) is 20.7 Å². The number of pyridine rings is 1. The molecule has 0 bridgehead atoms. The minimum atomic E-state index is -0.251. The third-order valence-electron chi connectivity index (χ3n) is 6.26. The maximum atomic E-state index is 13.0. The van der Waals surface area contributed by atoms with Crippen molar-refractivity contribution in [3.05, 3.63) is 93.7 Å². The number of benzene rings is 1. The van der Waals surface area contributed by atoms with Gasteiger partial charge in [0.2, 0.25) is 0 Å². The van der Waals surface area contributed by atoms with Crippen LogP contribution in [0.15, 0.2) is 48.9 Å². The number of hydrogen-bond donors (Lipinski definition) is 3. The summed E-state index contributed by atoms with van der Waals surface area (Å²) in [6, 6.07) is 9.45. The SMILES string of the molecule is Cc1cnn(Cc2ccc3c(c2)NC(=O)c2cc(C(=O)NCc4c(C)cc(N)nc4C)cn2C3)c1. The molecule has 0 unspecified atom stereocenters. The molecule has 35 heavy (non-hydrogen) atoms. The second-order valence-corrected chi connectivity index (χ2v) is 9.01. The number of carbonyl (C=O) groups excluding carboxylic acids is 2. The van der Waals surface area contributed by atoms with Crippen LogP contribution in [-0.2, 0) is 19.6 Å². The highest BCUT2D eigenvalue weighted by molar-refractivity contribution is 6.06. The van der Waals surface area contributed by atoms with Crippen molar-refractivity contribution in [2.45, 2.75) is 40.4 Å². The third kappa shape index (κ3) is 4.52. The van der Waals surface area contributed by atoms with Gasteiger partial charge in [0, 0.05) is 36.9 Å². The largest absolute Gasteiger partial charge is 0.384 e. The Kier molecular flexibility index (Phi) is 5.60. The Labute approximate surface area is 203 Å². The molecule has 1 aromatic carbocycles. The summed E-state index contributed by atoms with van der Waals surface area (Å²) in [5.41, 5.74) is 13.2. The summed E-state index contributed by atoms with van der Waals surface area (Å²) < 4.78 is 3.68. The van der Waals surface area contributed by atoms with Gasteiger partial charge in [0.25, 0.3) is 11.8 Å². The molecule has 1 aliphatic heterocycles. The van der Waals surface area contributed by atoms with Gasteiger partial charge in [-0.2, -0.15) is 5.10 Å². The molecule has 0 radical (unpaired) electrons. The van der Waals surface area contributed by atoms with Gasteiger partial charge < -0.3 is 20.9 Å². The molecule has 3 aromatic heterocycles. The summed E-state index contributed by atoms with van der Waals surface area (Å²) in [6.45, 7) is 7.25. The zero-order chi connectivity index (χ0) is 24.7. The van der Waals surface area contributed by atoms with Gasteiger partial charge in [-0.05, 0) is 66.8 Å². The van der Waals surface area contributed by atoms with E-state index < -0.39 is 0 Å². The zero-order valence-electron chi connectivity index (χ0n) is 19.9. The summed E-state index contributed by atoms with van der Waals surface area (Å²) in [5.74, 6) is -0.0375. The minimum Gasteiger partial charge on any atom is -0.384 e. The molecule has 0 saturated carbocycles. The molecule has 5 rings (SSSR count). The maximum absolute atomic E-state index is 13.0. The van der Waals surface area contributed by atoms with Gasteiger partial charge in [0.05, 0.1) is 18.3 Å². The molecule has 9 heteroatoms. The van der Waals surface area contributed by atoms with E-state index in [9.17, 15) is 9.59 Å². The van der Waals surface area contributed by atoms with E-state index in [0.717, 1.165) is 39.2 Å². The van der Waals surface area contributed by atoms with E-state index >= 15 is 0 Å². The number of nitrogens with zero attached hydrogens (tertiary/aromatic N) is 4. The molecule has 4 aromatic rings. The van der Waals surface area contributed by atoms with Crippen LogP contribution >= 0.6 is 0 Å². The van der Waals surface area contributed by atoms with Crippen molar-refractivity contribution < 1.29 is 9.59 Å². The standard InChI is InChI=1S/C26H27N7O2/c1-15-9-29-33(11-15)12-18-4-5-19-13-32-14-20(8-23(32)26(35)31-22(19)7-18)25(34)28-10-21-16(2)6-24(27)30-17(21)3/h4-9,11,14H,10,12-13H2,1-3H3,(H2,27,30)(H,28,34)(H,31,35). The fourth-order valence-electron chi connectivity index (χ4n) is 4.47. The molecule has 9 nitrogen and oxygen atoms in total. The molecule has 0 atom stereocenters. The molecule has 1 aliphatic rings. The number of nitrogen functional groups attached to an aromatic ring is 1. The third-order valence-corrected chi connectivity index (χ3v) is 6.26. The molecule has 0 aliphatic carbocycles. The average Bonchev–Trinajstić information content (AvgIpc) is 3.37. The highest BCUT2D eigenvalue weighted by Gasteiger charge is 2.23. The Morgan fingerprint density at radius 3 is 2.74 bits per heavy atom. The Morgan fingerprint density at radius 2 is 2.00 bits per heavy atom. The number of hydrogen-bond acceptors (Lipinski definition) is 5. The van der Waals surface area contributed by atoms with Crippen LogP contribution < -0.4 is 16.4 Å².